The van der Waals surface area contributed by atoms with Crippen LogP contribution in [0.2, 0.25) is 5.02 Å². The molecular weight excluding hydrogens is 534 g/mol. The van der Waals surface area contributed by atoms with Crippen molar-refractivity contribution in [3.63, 3.8) is 0 Å². The molecule has 2 aromatic heterocycles. The second-order valence-corrected chi connectivity index (χ2v) is 12.2. The molecule has 1 amide bonds. The van der Waals surface area contributed by atoms with E-state index < -0.39 is 17.2 Å². The number of cyclic esters (lactones) is 1. The molecule has 0 fully saturated rings. The lowest BCUT2D eigenvalue weighted by molar-refractivity contribution is -0.172. The second kappa shape index (κ2) is 9.39. The maximum atomic E-state index is 13.7. The molecule has 1 aromatic carbocycles. The molecule has 0 bridgehead atoms. The van der Waals surface area contributed by atoms with Gasteiger partial charge in [0.05, 0.1) is 34.6 Å². The van der Waals surface area contributed by atoms with Crippen molar-refractivity contribution in [1.82, 2.24) is 14.9 Å². The second-order valence-electron chi connectivity index (χ2n) is 11.8. The molecule has 10 heteroatoms. The smallest absolute Gasteiger partial charge is 0.343 e. The predicted molar refractivity (Wildman–Crippen MR) is 149 cm³/mol. The first kappa shape index (κ1) is 26.9. The minimum absolute atomic E-state index is 0.0649. The number of carbonyl (C=O) groups is 2. The maximum absolute atomic E-state index is 13.7. The van der Waals surface area contributed by atoms with E-state index in [1.54, 1.807) is 17.6 Å². The molecule has 2 aliphatic heterocycles. The Kier molecular flexibility index (Phi) is 6.32. The third kappa shape index (κ3) is 4.14. The van der Waals surface area contributed by atoms with Crippen LogP contribution in [0.15, 0.2) is 16.9 Å². The molecule has 0 unspecified atom stereocenters. The summed E-state index contributed by atoms with van der Waals surface area (Å²) in [5, 5.41) is 15.8. The Morgan fingerprint density at radius 3 is 2.67 bits per heavy atom. The molecule has 210 valence electrons. The minimum Gasteiger partial charge on any atom is -0.458 e. The molecule has 6 rings (SSSR count). The number of pyridine rings is 2. The van der Waals surface area contributed by atoms with Gasteiger partial charge >= 0.3 is 5.97 Å². The van der Waals surface area contributed by atoms with Crippen molar-refractivity contribution in [2.24, 2.45) is 0 Å². The highest BCUT2D eigenvalue weighted by Crippen LogP contribution is 2.43. The largest absolute Gasteiger partial charge is 0.458 e. The zero-order valence-electron chi connectivity index (χ0n) is 23.1. The number of hydrogen-bond acceptors (Lipinski definition) is 7. The van der Waals surface area contributed by atoms with E-state index in [9.17, 15) is 19.5 Å². The molecule has 3 aliphatic rings. The highest BCUT2D eigenvalue weighted by molar-refractivity contribution is 6.32. The lowest BCUT2D eigenvalue weighted by Gasteiger charge is -2.31. The van der Waals surface area contributed by atoms with Gasteiger partial charge in [0, 0.05) is 28.1 Å². The highest BCUT2D eigenvalue weighted by Gasteiger charge is 2.45. The van der Waals surface area contributed by atoms with Gasteiger partial charge in [0.25, 0.3) is 5.56 Å². The van der Waals surface area contributed by atoms with E-state index in [1.165, 1.54) is 0 Å². The van der Waals surface area contributed by atoms with E-state index >= 15 is 0 Å². The van der Waals surface area contributed by atoms with Crippen molar-refractivity contribution in [3.05, 3.63) is 60.9 Å². The number of hydrogen-bond donors (Lipinski definition) is 2. The fourth-order valence-corrected chi connectivity index (χ4v) is 6.44. The monoisotopic (exact) mass is 565 g/mol. The van der Waals surface area contributed by atoms with Crippen LogP contribution < -0.4 is 10.9 Å². The van der Waals surface area contributed by atoms with Crippen molar-refractivity contribution >= 4 is 34.4 Å². The van der Waals surface area contributed by atoms with Gasteiger partial charge in [-0.1, -0.05) is 18.5 Å². The average Bonchev–Trinajstić information content (AvgIpc) is 3.54. The van der Waals surface area contributed by atoms with Gasteiger partial charge in [0.2, 0.25) is 5.91 Å². The first-order valence-corrected chi connectivity index (χ1v) is 14.0. The Morgan fingerprint density at radius 1 is 1.20 bits per heavy atom. The maximum Gasteiger partial charge on any atom is 0.343 e. The number of esters is 1. The molecule has 1 atom stereocenters. The van der Waals surface area contributed by atoms with Crippen LogP contribution in [-0.4, -0.2) is 38.7 Å². The molecule has 0 saturated heterocycles. The first-order chi connectivity index (χ1) is 18.9. The molecule has 3 aromatic rings. The number of fused-ring (bicyclic) bond motifs is 7. The Morgan fingerprint density at radius 2 is 1.95 bits per heavy atom. The topological polar surface area (TPSA) is 120 Å². The Labute approximate surface area is 236 Å². The van der Waals surface area contributed by atoms with Crippen LogP contribution in [0, 0.1) is 0 Å². The van der Waals surface area contributed by atoms with E-state index in [0.717, 1.165) is 46.9 Å². The SMILES string of the molecule is CC[C@@]1(O)C(=O)OCc2c1cc1n(c2=O)Cc2c-1nc1cc(Cl)c3c(c1c2CNC(=O)COC(C)(C)C)CCC3. The van der Waals surface area contributed by atoms with E-state index in [4.69, 9.17) is 26.1 Å². The molecule has 1 aliphatic carbocycles. The van der Waals surface area contributed by atoms with Crippen LogP contribution in [-0.2, 0) is 57.2 Å². The van der Waals surface area contributed by atoms with Gasteiger partial charge in [0.15, 0.2) is 5.60 Å². The number of nitrogens with one attached hydrogen (secondary N) is 1. The van der Waals surface area contributed by atoms with E-state index in [-0.39, 0.29) is 55.3 Å². The summed E-state index contributed by atoms with van der Waals surface area (Å²) in [6, 6.07) is 3.55. The summed E-state index contributed by atoms with van der Waals surface area (Å²) in [7, 11) is 0. The van der Waals surface area contributed by atoms with Gasteiger partial charge in [-0.2, -0.15) is 0 Å². The number of halogens is 1. The number of amides is 1. The van der Waals surface area contributed by atoms with Crippen LogP contribution in [0.1, 0.15) is 73.9 Å². The number of aliphatic hydroxyl groups is 1. The van der Waals surface area contributed by atoms with Crippen LogP contribution in [0.5, 0.6) is 0 Å². The summed E-state index contributed by atoms with van der Waals surface area (Å²) in [5.74, 6) is -1.01. The molecule has 0 saturated carbocycles. The van der Waals surface area contributed by atoms with Gasteiger partial charge in [-0.3, -0.25) is 9.59 Å². The molecule has 4 heterocycles. The molecule has 40 heavy (non-hydrogen) atoms. The van der Waals surface area contributed by atoms with Gasteiger partial charge in [-0.05, 0) is 75.3 Å². The summed E-state index contributed by atoms with van der Waals surface area (Å²) in [5.41, 5.74) is 3.57. The highest BCUT2D eigenvalue weighted by atomic mass is 35.5. The van der Waals surface area contributed by atoms with Crippen LogP contribution in [0.25, 0.3) is 22.3 Å². The number of aryl methyl sites for hydroxylation is 1. The molecule has 2 N–H and O–H groups in total. The first-order valence-electron chi connectivity index (χ1n) is 13.7. The van der Waals surface area contributed by atoms with Crippen molar-refractivity contribution in [2.45, 2.75) is 84.3 Å². The molecular formula is C30H32ClN3O6. The van der Waals surface area contributed by atoms with Gasteiger partial charge in [-0.15, -0.1) is 0 Å². The number of aromatic nitrogens is 2. The number of benzene rings is 1. The minimum atomic E-state index is -1.91. The van der Waals surface area contributed by atoms with Gasteiger partial charge in [0.1, 0.15) is 13.2 Å². The summed E-state index contributed by atoms with van der Waals surface area (Å²) in [6.45, 7) is 7.56. The fraction of sp³-hybridized carbons (Fsp3) is 0.467. The van der Waals surface area contributed by atoms with E-state index in [0.29, 0.717) is 21.9 Å². The van der Waals surface area contributed by atoms with E-state index in [1.807, 2.05) is 26.8 Å². The van der Waals surface area contributed by atoms with Crippen LogP contribution >= 0.6 is 11.6 Å². The van der Waals surface area contributed by atoms with E-state index in [2.05, 4.69) is 5.32 Å². The summed E-state index contributed by atoms with van der Waals surface area (Å²) in [6.07, 6.45) is 2.77. The Hall–Kier alpha value is -3.27. The summed E-state index contributed by atoms with van der Waals surface area (Å²) >= 11 is 6.69. The zero-order chi connectivity index (χ0) is 28.6. The van der Waals surface area contributed by atoms with Crippen LogP contribution in [0.3, 0.4) is 0 Å². The zero-order valence-corrected chi connectivity index (χ0v) is 23.8. The quantitative estimate of drug-likeness (QED) is 0.354. The van der Waals surface area contributed by atoms with Gasteiger partial charge < -0.3 is 24.5 Å². The lowest BCUT2D eigenvalue weighted by Crippen LogP contribution is -2.44. The predicted octanol–water partition coefficient (Wildman–Crippen LogP) is 3.65. The lowest BCUT2D eigenvalue weighted by atomic mass is 9.86. The molecule has 0 spiro atoms. The van der Waals surface area contributed by atoms with Crippen molar-refractivity contribution < 1.29 is 24.2 Å². The van der Waals surface area contributed by atoms with Crippen molar-refractivity contribution in [2.75, 3.05) is 6.61 Å². The Bertz CT molecular complexity index is 1670. The fourth-order valence-electron chi connectivity index (χ4n) is 6.13. The average molecular weight is 566 g/mol. The third-order valence-electron chi connectivity index (χ3n) is 8.21. The summed E-state index contributed by atoms with van der Waals surface area (Å²) in [4.78, 5) is 44.0. The molecule has 0 radical (unpaired) electrons. The van der Waals surface area contributed by atoms with Gasteiger partial charge in [-0.25, -0.2) is 9.78 Å². The van der Waals surface area contributed by atoms with Crippen molar-refractivity contribution in [1.29, 1.82) is 0 Å². The standard InChI is InChI=1S/C30H32ClN3O6/c1-5-30(38)20-9-23-26-18(12-34(23)27(36)19(20)13-39-28(30)37)17(11-32-24(35)14-40-29(2,3)4)25-16-8-6-7-15(16)21(31)10-22(25)33-26/h9-10,38H,5-8,11-14H2,1-4H3,(H,32,35)/t30-/m0/s1. The molecule has 9 nitrogen and oxygen atoms in total. The number of ether oxygens (including phenoxy) is 2. The van der Waals surface area contributed by atoms with Crippen molar-refractivity contribution in [3.8, 4) is 11.4 Å². The summed E-state index contributed by atoms with van der Waals surface area (Å²) < 4.78 is 12.5. The number of rotatable bonds is 5. The normalized spacial score (nSPS) is 19.2. The Balaban J connectivity index is 1.52. The number of carbonyl (C=O) groups excluding carboxylic acids is 2. The third-order valence-corrected chi connectivity index (χ3v) is 8.55. The van der Waals surface area contributed by atoms with Crippen LogP contribution in [0.4, 0.5) is 0 Å². The number of nitrogens with zero attached hydrogens (tertiary/aromatic N) is 2.